The predicted octanol–water partition coefficient (Wildman–Crippen LogP) is 4.96. The summed E-state index contributed by atoms with van der Waals surface area (Å²) in [5.74, 6) is 1.06. The number of benzene rings is 2. The first-order chi connectivity index (χ1) is 8.75. The molecule has 18 heavy (non-hydrogen) atoms. The fourth-order valence-corrected chi connectivity index (χ4v) is 3.06. The summed E-state index contributed by atoms with van der Waals surface area (Å²) in [6, 6.07) is 16.8. The largest absolute Gasteiger partial charge is 0.384 e. The molecule has 3 heteroatoms. The normalized spacial score (nSPS) is 10.3. The number of hydrogen-bond acceptors (Lipinski definition) is 2. The highest BCUT2D eigenvalue weighted by Crippen LogP contribution is 2.22. The van der Waals surface area contributed by atoms with Crippen molar-refractivity contribution in [1.29, 1.82) is 0 Å². The molecule has 2 rings (SSSR count). The maximum atomic E-state index is 3.49. The van der Waals surface area contributed by atoms with Crippen LogP contribution in [0.5, 0.6) is 0 Å². The number of halogens is 1. The van der Waals surface area contributed by atoms with Crippen LogP contribution in [0.1, 0.15) is 5.56 Å². The molecule has 0 aliphatic rings. The van der Waals surface area contributed by atoms with E-state index in [4.69, 9.17) is 0 Å². The number of para-hydroxylation sites is 1. The maximum absolute atomic E-state index is 3.49. The van der Waals surface area contributed by atoms with E-state index in [1.165, 1.54) is 16.1 Å². The Morgan fingerprint density at radius 3 is 2.72 bits per heavy atom. The van der Waals surface area contributed by atoms with Crippen LogP contribution < -0.4 is 5.32 Å². The molecular weight excluding hydrogens is 306 g/mol. The lowest BCUT2D eigenvalue weighted by Crippen LogP contribution is -2.04. The molecule has 2 aromatic rings. The second-order valence-electron chi connectivity index (χ2n) is 4.05. The average molecular weight is 322 g/mol. The van der Waals surface area contributed by atoms with Gasteiger partial charge in [0.05, 0.1) is 0 Å². The van der Waals surface area contributed by atoms with E-state index < -0.39 is 0 Å². The molecule has 1 nitrogen and oxygen atoms in total. The number of aryl methyl sites for hydroxylation is 1. The highest BCUT2D eigenvalue weighted by molar-refractivity contribution is 9.10. The number of thioether (sulfide) groups is 1. The first kappa shape index (κ1) is 13.5. The van der Waals surface area contributed by atoms with Crippen molar-refractivity contribution in [3.8, 4) is 0 Å². The summed E-state index contributed by atoms with van der Waals surface area (Å²) in [5, 5.41) is 3.47. The van der Waals surface area contributed by atoms with Gasteiger partial charge in [-0.3, -0.25) is 0 Å². The topological polar surface area (TPSA) is 12.0 Å². The van der Waals surface area contributed by atoms with Crippen LogP contribution in [-0.4, -0.2) is 12.3 Å². The van der Waals surface area contributed by atoms with E-state index in [1.54, 1.807) is 0 Å². The Kier molecular flexibility index (Phi) is 5.14. The van der Waals surface area contributed by atoms with Crippen molar-refractivity contribution in [2.24, 2.45) is 0 Å². The summed E-state index contributed by atoms with van der Waals surface area (Å²) in [7, 11) is 0. The van der Waals surface area contributed by atoms with Crippen LogP contribution in [0.15, 0.2) is 57.9 Å². The molecule has 0 heterocycles. The lowest BCUT2D eigenvalue weighted by Gasteiger charge is -2.09. The third kappa shape index (κ3) is 4.07. The fraction of sp³-hybridized carbons (Fsp3) is 0.200. The Bertz CT molecular complexity index is 513. The van der Waals surface area contributed by atoms with Gasteiger partial charge in [-0.2, -0.15) is 0 Å². The smallest absolute Gasteiger partial charge is 0.0370 e. The minimum absolute atomic E-state index is 0.974. The molecule has 0 aromatic heterocycles. The summed E-state index contributed by atoms with van der Waals surface area (Å²) >= 11 is 5.36. The first-order valence-electron chi connectivity index (χ1n) is 5.93. The van der Waals surface area contributed by atoms with Crippen molar-refractivity contribution in [2.45, 2.75) is 11.8 Å². The number of hydrogen-bond donors (Lipinski definition) is 1. The fourth-order valence-electron chi connectivity index (χ4n) is 1.68. The molecule has 0 spiro atoms. The van der Waals surface area contributed by atoms with Gasteiger partial charge in [-0.25, -0.2) is 0 Å². The Morgan fingerprint density at radius 1 is 1.11 bits per heavy atom. The quantitative estimate of drug-likeness (QED) is 0.617. The molecule has 1 N–H and O–H groups in total. The molecule has 0 radical (unpaired) electrons. The third-order valence-corrected chi connectivity index (χ3v) is 4.12. The third-order valence-electron chi connectivity index (χ3n) is 2.63. The van der Waals surface area contributed by atoms with Crippen LogP contribution in [0.4, 0.5) is 5.69 Å². The van der Waals surface area contributed by atoms with Gasteiger partial charge in [-0.1, -0.05) is 40.2 Å². The standard InChI is InChI=1S/C15H16BrNS/c1-12-5-2-3-8-15(12)17-9-10-18-14-7-4-6-13(16)11-14/h2-8,11,17H,9-10H2,1H3. The minimum atomic E-state index is 0.974. The summed E-state index contributed by atoms with van der Waals surface area (Å²) in [5.41, 5.74) is 2.53. The highest BCUT2D eigenvalue weighted by Gasteiger charge is 1.97. The minimum Gasteiger partial charge on any atom is -0.384 e. The van der Waals surface area contributed by atoms with Gasteiger partial charge in [-0.15, -0.1) is 11.8 Å². The monoisotopic (exact) mass is 321 g/mol. The maximum Gasteiger partial charge on any atom is 0.0370 e. The van der Waals surface area contributed by atoms with Crippen molar-refractivity contribution >= 4 is 33.4 Å². The molecular formula is C15H16BrNS. The zero-order valence-electron chi connectivity index (χ0n) is 10.3. The lowest BCUT2D eigenvalue weighted by atomic mass is 10.2. The van der Waals surface area contributed by atoms with Gasteiger partial charge in [0.2, 0.25) is 0 Å². The van der Waals surface area contributed by atoms with Crippen LogP contribution in [0, 0.1) is 6.92 Å². The molecule has 0 amide bonds. The Hall–Kier alpha value is -0.930. The van der Waals surface area contributed by atoms with Gasteiger partial charge < -0.3 is 5.32 Å². The van der Waals surface area contributed by atoms with Gasteiger partial charge in [0.25, 0.3) is 0 Å². The van der Waals surface area contributed by atoms with Crippen molar-refractivity contribution < 1.29 is 0 Å². The van der Waals surface area contributed by atoms with E-state index >= 15 is 0 Å². The summed E-state index contributed by atoms with van der Waals surface area (Å²) in [4.78, 5) is 1.30. The summed E-state index contributed by atoms with van der Waals surface area (Å²) in [6.07, 6.45) is 0. The Labute approximate surface area is 121 Å². The van der Waals surface area contributed by atoms with E-state index in [0.29, 0.717) is 0 Å². The van der Waals surface area contributed by atoms with E-state index in [0.717, 1.165) is 16.8 Å². The van der Waals surface area contributed by atoms with Crippen LogP contribution in [0.25, 0.3) is 0 Å². The molecule has 0 atom stereocenters. The summed E-state index contributed by atoms with van der Waals surface area (Å²) < 4.78 is 1.14. The predicted molar refractivity (Wildman–Crippen MR) is 84.5 cm³/mol. The Morgan fingerprint density at radius 2 is 1.94 bits per heavy atom. The molecule has 0 saturated heterocycles. The zero-order valence-corrected chi connectivity index (χ0v) is 12.7. The van der Waals surface area contributed by atoms with Gasteiger partial charge in [0.1, 0.15) is 0 Å². The van der Waals surface area contributed by atoms with E-state index in [2.05, 4.69) is 76.7 Å². The zero-order chi connectivity index (χ0) is 12.8. The second kappa shape index (κ2) is 6.86. The molecule has 0 aliphatic heterocycles. The van der Waals surface area contributed by atoms with Crippen LogP contribution >= 0.6 is 27.7 Å². The van der Waals surface area contributed by atoms with E-state index in [-0.39, 0.29) is 0 Å². The molecule has 0 aliphatic carbocycles. The molecule has 0 unspecified atom stereocenters. The molecule has 0 fully saturated rings. The Balaban J connectivity index is 1.78. The van der Waals surface area contributed by atoms with Gasteiger partial charge >= 0.3 is 0 Å². The molecule has 0 saturated carbocycles. The van der Waals surface area contributed by atoms with Crippen LogP contribution in [-0.2, 0) is 0 Å². The number of nitrogens with one attached hydrogen (secondary N) is 1. The number of rotatable bonds is 5. The average Bonchev–Trinajstić information content (AvgIpc) is 2.37. The molecule has 2 aromatic carbocycles. The highest BCUT2D eigenvalue weighted by atomic mass is 79.9. The first-order valence-corrected chi connectivity index (χ1v) is 7.71. The second-order valence-corrected chi connectivity index (χ2v) is 6.13. The van der Waals surface area contributed by atoms with E-state index in [1.807, 2.05) is 11.8 Å². The van der Waals surface area contributed by atoms with Crippen molar-refractivity contribution in [1.82, 2.24) is 0 Å². The van der Waals surface area contributed by atoms with Crippen molar-refractivity contribution in [3.05, 3.63) is 58.6 Å². The van der Waals surface area contributed by atoms with Gasteiger partial charge in [0.15, 0.2) is 0 Å². The molecule has 94 valence electrons. The van der Waals surface area contributed by atoms with Crippen LogP contribution in [0.3, 0.4) is 0 Å². The number of anilines is 1. The molecule has 0 bridgehead atoms. The van der Waals surface area contributed by atoms with Gasteiger partial charge in [0, 0.05) is 27.4 Å². The lowest BCUT2D eigenvalue weighted by molar-refractivity contribution is 1.21. The summed E-state index contributed by atoms with van der Waals surface area (Å²) in [6.45, 7) is 3.10. The van der Waals surface area contributed by atoms with E-state index in [9.17, 15) is 0 Å². The SMILES string of the molecule is Cc1ccccc1NCCSc1cccc(Br)c1. The van der Waals surface area contributed by atoms with Crippen molar-refractivity contribution in [2.75, 3.05) is 17.6 Å². The van der Waals surface area contributed by atoms with Gasteiger partial charge in [-0.05, 0) is 36.8 Å². The van der Waals surface area contributed by atoms with Crippen molar-refractivity contribution in [3.63, 3.8) is 0 Å². The van der Waals surface area contributed by atoms with Crippen LogP contribution in [0.2, 0.25) is 0 Å².